The second-order valence-corrected chi connectivity index (χ2v) is 5.57. The van der Waals surface area contributed by atoms with Crippen molar-refractivity contribution >= 4 is 46.6 Å². The number of nitrogen functional groups attached to an aromatic ring is 1. The van der Waals surface area contributed by atoms with Crippen LogP contribution in [0.1, 0.15) is 19.3 Å². The molecule has 0 fully saturated rings. The zero-order chi connectivity index (χ0) is 13.4. The molecule has 0 saturated heterocycles. The number of thioether (sulfide) groups is 1. The molecule has 0 saturated carbocycles. The molecule has 1 rings (SSSR count). The van der Waals surface area contributed by atoms with Gasteiger partial charge in [0.25, 0.3) is 0 Å². The van der Waals surface area contributed by atoms with Crippen molar-refractivity contribution in [2.24, 2.45) is 5.84 Å². The molecule has 0 amide bonds. The predicted molar refractivity (Wildman–Crippen MR) is 82.8 cm³/mol. The number of pyridine rings is 1. The molecule has 0 atom stereocenters. The van der Waals surface area contributed by atoms with Crippen molar-refractivity contribution in [1.82, 2.24) is 4.98 Å². The Morgan fingerprint density at radius 1 is 1.22 bits per heavy atom. The summed E-state index contributed by atoms with van der Waals surface area (Å²) >= 11 is 13.8. The first kappa shape index (κ1) is 15.7. The third-order valence-corrected chi connectivity index (χ3v) is 3.66. The van der Waals surface area contributed by atoms with Crippen LogP contribution in [0.25, 0.3) is 0 Å². The number of unbranched alkanes of at least 4 members (excludes halogenated alkanes) is 2. The smallest absolute Gasteiger partial charge is 0.161 e. The Bertz CT molecular complexity index is 376. The molecule has 7 heteroatoms. The highest BCUT2D eigenvalue weighted by atomic mass is 35.5. The number of rotatable bonds is 8. The molecule has 0 aliphatic heterocycles. The van der Waals surface area contributed by atoms with Crippen molar-refractivity contribution in [3.8, 4) is 0 Å². The molecule has 0 aliphatic carbocycles. The Morgan fingerprint density at radius 3 is 2.61 bits per heavy atom. The Labute approximate surface area is 122 Å². The van der Waals surface area contributed by atoms with E-state index in [1.807, 2.05) is 11.8 Å². The van der Waals surface area contributed by atoms with Gasteiger partial charge in [-0.15, -0.1) is 0 Å². The highest BCUT2D eigenvalue weighted by Gasteiger charge is 2.07. The van der Waals surface area contributed by atoms with E-state index in [4.69, 9.17) is 29.0 Å². The van der Waals surface area contributed by atoms with Crippen LogP contribution in [-0.4, -0.2) is 23.5 Å². The van der Waals surface area contributed by atoms with Crippen molar-refractivity contribution in [2.45, 2.75) is 19.3 Å². The number of anilines is 2. The van der Waals surface area contributed by atoms with E-state index in [1.54, 1.807) is 6.07 Å². The van der Waals surface area contributed by atoms with Crippen LogP contribution in [0.15, 0.2) is 6.07 Å². The summed E-state index contributed by atoms with van der Waals surface area (Å²) in [5.41, 5.74) is 2.44. The van der Waals surface area contributed by atoms with E-state index in [2.05, 4.69) is 22.0 Å². The summed E-state index contributed by atoms with van der Waals surface area (Å²) in [5.74, 6) is 7.55. The number of hydrazine groups is 1. The van der Waals surface area contributed by atoms with Crippen molar-refractivity contribution in [1.29, 1.82) is 0 Å². The third kappa shape index (κ3) is 5.10. The fraction of sp³-hybridized carbons (Fsp3) is 0.545. The lowest BCUT2D eigenvalue weighted by molar-refractivity contribution is 0.748. The first-order chi connectivity index (χ1) is 8.69. The van der Waals surface area contributed by atoms with Crippen LogP contribution in [0.2, 0.25) is 10.0 Å². The summed E-state index contributed by atoms with van der Waals surface area (Å²) in [6.45, 7) is 0.840. The molecule has 102 valence electrons. The molecule has 0 bridgehead atoms. The molecule has 0 radical (unpaired) electrons. The number of hydrogen-bond donors (Lipinski definition) is 3. The Kier molecular flexibility index (Phi) is 7.58. The van der Waals surface area contributed by atoms with E-state index in [-0.39, 0.29) is 0 Å². The quantitative estimate of drug-likeness (QED) is 0.389. The molecule has 1 heterocycles. The van der Waals surface area contributed by atoms with Crippen LogP contribution in [0.3, 0.4) is 0 Å². The number of halogens is 2. The van der Waals surface area contributed by atoms with Gasteiger partial charge < -0.3 is 10.7 Å². The highest BCUT2D eigenvalue weighted by molar-refractivity contribution is 7.98. The first-order valence-electron chi connectivity index (χ1n) is 5.74. The molecule has 0 aliphatic rings. The van der Waals surface area contributed by atoms with Gasteiger partial charge in [0, 0.05) is 6.54 Å². The number of hydrogen-bond acceptors (Lipinski definition) is 5. The van der Waals surface area contributed by atoms with Gasteiger partial charge in [0.15, 0.2) is 5.82 Å². The lowest BCUT2D eigenvalue weighted by Crippen LogP contribution is -2.11. The van der Waals surface area contributed by atoms with Gasteiger partial charge in [0.05, 0.1) is 10.0 Å². The average molecular weight is 309 g/mol. The maximum absolute atomic E-state index is 6.04. The number of nitrogens with zero attached hydrogens (tertiary/aromatic N) is 1. The van der Waals surface area contributed by atoms with Crippen LogP contribution in [0.4, 0.5) is 11.6 Å². The van der Waals surface area contributed by atoms with Gasteiger partial charge in [-0.05, 0) is 30.9 Å². The number of nitrogens with one attached hydrogen (secondary N) is 2. The monoisotopic (exact) mass is 308 g/mol. The standard InChI is InChI=1S/C11H18Cl2N4S/c1-18-6-4-2-3-5-15-10-8(12)7-9(13)11(16-10)17-14/h7H,2-6,14H2,1H3,(H2,15,16,17). The predicted octanol–water partition coefficient (Wildman–Crippen LogP) is 3.62. The molecule has 4 N–H and O–H groups in total. The summed E-state index contributed by atoms with van der Waals surface area (Å²) in [5, 5.41) is 4.10. The van der Waals surface area contributed by atoms with Crippen LogP contribution >= 0.6 is 35.0 Å². The van der Waals surface area contributed by atoms with E-state index in [9.17, 15) is 0 Å². The zero-order valence-electron chi connectivity index (χ0n) is 10.3. The van der Waals surface area contributed by atoms with Crippen LogP contribution in [-0.2, 0) is 0 Å². The number of nitrogens with two attached hydrogens (primary N) is 1. The lowest BCUT2D eigenvalue weighted by Gasteiger charge is -2.10. The van der Waals surface area contributed by atoms with E-state index in [0.29, 0.717) is 21.7 Å². The fourth-order valence-corrected chi connectivity index (χ4v) is 2.42. The zero-order valence-corrected chi connectivity index (χ0v) is 12.6. The van der Waals surface area contributed by atoms with E-state index >= 15 is 0 Å². The molecule has 4 nitrogen and oxygen atoms in total. The van der Waals surface area contributed by atoms with Gasteiger partial charge in [0.1, 0.15) is 5.82 Å². The second kappa shape index (κ2) is 8.69. The van der Waals surface area contributed by atoms with Gasteiger partial charge in [-0.2, -0.15) is 11.8 Å². The van der Waals surface area contributed by atoms with E-state index in [0.717, 1.165) is 13.0 Å². The van der Waals surface area contributed by atoms with Crippen LogP contribution in [0.5, 0.6) is 0 Å². The first-order valence-corrected chi connectivity index (χ1v) is 7.89. The van der Waals surface area contributed by atoms with Gasteiger partial charge in [-0.3, -0.25) is 0 Å². The molecular formula is C11H18Cl2N4S. The van der Waals surface area contributed by atoms with Crippen molar-refractivity contribution in [2.75, 3.05) is 29.3 Å². The molecular weight excluding hydrogens is 291 g/mol. The van der Waals surface area contributed by atoms with Gasteiger partial charge in [0.2, 0.25) is 0 Å². The van der Waals surface area contributed by atoms with E-state index < -0.39 is 0 Å². The Morgan fingerprint density at radius 2 is 1.94 bits per heavy atom. The van der Waals surface area contributed by atoms with Crippen LogP contribution in [0, 0.1) is 0 Å². The Hall–Kier alpha value is -0.360. The van der Waals surface area contributed by atoms with Gasteiger partial charge in [-0.25, -0.2) is 10.8 Å². The van der Waals surface area contributed by atoms with Crippen LogP contribution < -0.4 is 16.6 Å². The molecule has 0 unspecified atom stereocenters. The number of aromatic nitrogens is 1. The van der Waals surface area contributed by atoms with Gasteiger partial charge in [-0.1, -0.05) is 29.6 Å². The largest absolute Gasteiger partial charge is 0.369 e. The fourth-order valence-electron chi connectivity index (χ4n) is 1.45. The summed E-state index contributed by atoms with van der Waals surface area (Å²) < 4.78 is 0. The summed E-state index contributed by atoms with van der Waals surface area (Å²) in [4.78, 5) is 4.21. The minimum absolute atomic E-state index is 0.410. The summed E-state index contributed by atoms with van der Waals surface area (Å²) in [6, 6.07) is 1.63. The van der Waals surface area contributed by atoms with Crippen molar-refractivity contribution in [3.63, 3.8) is 0 Å². The maximum Gasteiger partial charge on any atom is 0.161 e. The maximum atomic E-state index is 6.04. The van der Waals surface area contributed by atoms with Crippen molar-refractivity contribution in [3.05, 3.63) is 16.1 Å². The third-order valence-electron chi connectivity index (χ3n) is 2.38. The molecule has 0 spiro atoms. The molecule has 1 aromatic rings. The van der Waals surface area contributed by atoms with Crippen molar-refractivity contribution < 1.29 is 0 Å². The topological polar surface area (TPSA) is 63.0 Å². The SMILES string of the molecule is CSCCCCCNc1nc(NN)c(Cl)cc1Cl. The minimum Gasteiger partial charge on any atom is -0.369 e. The molecule has 1 aromatic heterocycles. The van der Waals surface area contributed by atoms with Gasteiger partial charge >= 0.3 is 0 Å². The highest BCUT2D eigenvalue weighted by Crippen LogP contribution is 2.28. The minimum atomic E-state index is 0.410. The second-order valence-electron chi connectivity index (χ2n) is 3.77. The normalized spacial score (nSPS) is 10.4. The average Bonchev–Trinajstić information content (AvgIpc) is 2.36. The molecule has 18 heavy (non-hydrogen) atoms. The lowest BCUT2D eigenvalue weighted by atomic mass is 10.2. The Balaban J connectivity index is 2.42. The summed E-state index contributed by atoms with van der Waals surface area (Å²) in [6.07, 6.45) is 5.64. The summed E-state index contributed by atoms with van der Waals surface area (Å²) in [7, 11) is 0. The molecule has 0 aromatic carbocycles. The van der Waals surface area contributed by atoms with E-state index in [1.165, 1.54) is 18.6 Å².